The average Bonchev–Trinajstić information content (AvgIpc) is 2.61. The number of hydrogen-bond donors (Lipinski definition) is 0. The van der Waals surface area contributed by atoms with Gasteiger partial charge in [-0.05, 0) is 62.1 Å². The summed E-state index contributed by atoms with van der Waals surface area (Å²) >= 11 is 0. The van der Waals surface area contributed by atoms with Gasteiger partial charge in [-0.25, -0.2) is 0 Å². The number of hydrogen-bond acceptors (Lipinski definition) is 1. The van der Waals surface area contributed by atoms with Crippen LogP contribution in [0.2, 0.25) is 0 Å². The topological polar surface area (TPSA) is 9.23 Å². The predicted molar refractivity (Wildman–Crippen MR) is 95.3 cm³/mol. The van der Waals surface area contributed by atoms with Crippen LogP contribution in [0.1, 0.15) is 63.0 Å². The fraction of sp³-hybridized carbons (Fsp3) is 0.619. The third-order valence-corrected chi connectivity index (χ3v) is 5.20. The summed E-state index contributed by atoms with van der Waals surface area (Å²) in [6.45, 7) is 1.59. The van der Waals surface area contributed by atoms with Crippen molar-refractivity contribution in [1.82, 2.24) is 0 Å². The maximum Gasteiger partial charge on any atom is 0.416 e. The van der Waals surface area contributed by atoms with Gasteiger partial charge < -0.3 is 4.74 Å². The van der Waals surface area contributed by atoms with Gasteiger partial charge in [0.2, 0.25) is 0 Å². The van der Waals surface area contributed by atoms with Gasteiger partial charge in [0.1, 0.15) is 0 Å². The van der Waals surface area contributed by atoms with E-state index < -0.39 is 24.5 Å². The van der Waals surface area contributed by atoms with Crippen LogP contribution in [0, 0.1) is 11.8 Å². The molecule has 1 nitrogen and oxygen atoms in total. The zero-order valence-corrected chi connectivity index (χ0v) is 15.6. The number of rotatable bonds is 8. The van der Waals surface area contributed by atoms with Crippen LogP contribution in [0.4, 0.5) is 22.0 Å². The van der Waals surface area contributed by atoms with Crippen molar-refractivity contribution in [3.8, 4) is 0 Å². The quantitative estimate of drug-likeness (QED) is 0.333. The molecule has 1 aliphatic rings. The highest BCUT2D eigenvalue weighted by Gasteiger charge is 2.35. The molecular weight excluding hydrogens is 363 g/mol. The number of allylic oxidation sites excluding steroid dienone is 2. The molecule has 0 heterocycles. The van der Waals surface area contributed by atoms with Crippen molar-refractivity contribution in [1.29, 1.82) is 0 Å². The maximum absolute atomic E-state index is 14.1. The van der Waals surface area contributed by atoms with Crippen LogP contribution in [0.25, 0.3) is 0 Å². The van der Waals surface area contributed by atoms with Crippen molar-refractivity contribution in [3.63, 3.8) is 0 Å². The van der Waals surface area contributed by atoms with Gasteiger partial charge in [0.05, 0.1) is 12.2 Å². The highest BCUT2D eigenvalue weighted by Crippen LogP contribution is 2.38. The Bertz CT molecular complexity index is 584. The normalized spacial score (nSPS) is 21.7. The van der Waals surface area contributed by atoms with E-state index in [1.165, 1.54) is 12.1 Å². The van der Waals surface area contributed by atoms with Crippen molar-refractivity contribution in [2.24, 2.45) is 11.8 Å². The van der Waals surface area contributed by atoms with Gasteiger partial charge in [-0.3, -0.25) is 0 Å². The Kier molecular flexibility index (Phi) is 7.83. The molecule has 0 unspecified atom stereocenters. The van der Waals surface area contributed by atoms with E-state index in [0.717, 1.165) is 50.7 Å². The summed E-state index contributed by atoms with van der Waals surface area (Å²) in [6, 6.07) is 4.11. The predicted octanol–water partition coefficient (Wildman–Crippen LogP) is 7.37. The molecule has 6 heteroatoms. The lowest BCUT2D eigenvalue weighted by atomic mass is 9.78. The first-order valence-electron chi connectivity index (χ1n) is 9.48. The zero-order chi connectivity index (χ0) is 19.9. The van der Waals surface area contributed by atoms with Crippen molar-refractivity contribution in [2.75, 3.05) is 0 Å². The second-order valence-corrected chi connectivity index (χ2v) is 7.36. The Balaban J connectivity index is 1.75. The number of alkyl halides is 5. The first-order chi connectivity index (χ1) is 12.7. The molecule has 2 rings (SSSR count). The fourth-order valence-electron chi connectivity index (χ4n) is 3.60. The summed E-state index contributed by atoms with van der Waals surface area (Å²) in [6.07, 6.45) is 1.79. The molecular formula is C21H27F5O. The first-order valence-corrected chi connectivity index (χ1v) is 9.48. The van der Waals surface area contributed by atoms with Crippen molar-refractivity contribution in [2.45, 2.75) is 70.8 Å². The van der Waals surface area contributed by atoms with Gasteiger partial charge in [0.25, 0.3) is 0 Å². The first kappa shape index (κ1) is 21.9. The Morgan fingerprint density at radius 1 is 0.963 bits per heavy atom. The molecule has 1 aromatic carbocycles. The van der Waals surface area contributed by atoms with E-state index in [0.29, 0.717) is 11.5 Å². The highest BCUT2D eigenvalue weighted by molar-refractivity contribution is 5.24. The molecule has 0 bridgehead atoms. The monoisotopic (exact) mass is 390 g/mol. The second kappa shape index (κ2) is 9.67. The van der Waals surface area contributed by atoms with Gasteiger partial charge in [-0.15, -0.1) is 0 Å². The van der Waals surface area contributed by atoms with Gasteiger partial charge in [0.15, 0.2) is 0 Å². The molecule has 1 aliphatic carbocycles. The lowest BCUT2D eigenvalue weighted by Gasteiger charge is -2.30. The van der Waals surface area contributed by atoms with Crippen LogP contribution in [-0.2, 0) is 17.5 Å². The molecule has 27 heavy (non-hydrogen) atoms. The molecule has 0 spiro atoms. The van der Waals surface area contributed by atoms with E-state index in [9.17, 15) is 22.0 Å². The van der Waals surface area contributed by atoms with Crippen LogP contribution in [-0.4, -0.2) is 6.11 Å². The third kappa shape index (κ3) is 7.60. The number of halogens is 5. The molecule has 0 aliphatic heterocycles. The Morgan fingerprint density at radius 2 is 1.56 bits per heavy atom. The minimum absolute atomic E-state index is 0.0643. The largest absolute Gasteiger partial charge is 0.416 e. The Labute approximate surface area is 157 Å². The van der Waals surface area contributed by atoms with E-state index in [-0.39, 0.29) is 12.3 Å². The standard InChI is InChI=1S/C21H27F5O/c1-2-3-4-5-16-6-8-17(9-7-16)14-20(22,23)27-15-18-10-12-19(13-11-18)21(24,25)26/h2-3,10-13,16-17H,4-9,14-15H2,1H3/b3-2+. The maximum atomic E-state index is 14.1. The molecule has 0 radical (unpaired) electrons. The number of benzene rings is 1. The molecule has 0 N–H and O–H groups in total. The van der Waals surface area contributed by atoms with Gasteiger partial charge in [0, 0.05) is 6.42 Å². The summed E-state index contributed by atoms with van der Waals surface area (Å²) in [5.74, 6) is 0.546. The van der Waals surface area contributed by atoms with Gasteiger partial charge in [-0.1, -0.05) is 37.1 Å². The third-order valence-electron chi connectivity index (χ3n) is 5.20. The molecule has 1 saturated carbocycles. The SMILES string of the molecule is C/C=C/CCC1CCC(CC(F)(F)OCc2ccc(C(F)(F)F)cc2)CC1. The molecule has 1 fully saturated rings. The van der Waals surface area contributed by atoms with E-state index in [2.05, 4.69) is 6.08 Å². The molecule has 0 aromatic heterocycles. The van der Waals surface area contributed by atoms with E-state index in [4.69, 9.17) is 4.74 Å². The minimum Gasteiger partial charge on any atom is -0.316 e. The highest BCUT2D eigenvalue weighted by atomic mass is 19.4. The summed E-state index contributed by atoms with van der Waals surface area (Å²) in [4.78, 5) is 0. The summed E-state index contributed by atoms with van der Waals surface area (Å²) in [5, 5.41) is 0. The smallest absolute Gasteiger partial charge is 0.316 e. The molecule has 0 amide bonds. The second-order valence-electron chi connectivity index (χ2n) is 7.36. The Hall–Kier alpha value is -1.43. The summed E-state index contributed by atoms with van der Waals surface area (Å²) < 4.78 is 70.5. The van der Waals surface area contributed by atoms with Crippen LogP contribution >= 0.6 is 0 Å². The van der Waals surface area contributed by atoms with E-state index >= 15 is 0 Å². The van der Waals surface area contributed by atoms with Crippen molar-refractivity contribution in [3.05, 3.63) is 47.5 Å². The lowest BCUT2D eigenvalue weighted by molar-refractivity contribution is -0.256. The van der Waals surface area contributed by atoms with Crippen LogP contribution in [0.3, 0.4) is 0 Å². The minimum atomic E-state index is -4.44. The zero-order valence-electron chi connectivity index (χ0n) is 15.6. The van der Waals surface area contributed by atoms with Crippen LogP contribution < -0.4 is 0 Å². The average molecular weight is 390 g/mol. The van der Waals surface area contributed by atoms with E-state index in [1.807, 2.05) is 13.0 Å². The number of ether oxygens (including phenoxy) is 1. The molecule has 1 aromatic rings. The van der Waals surface area contributed by atoms with Gasteiger partial charge in [-0.2, -0.15) is 22.0 Å². The fourth-order valence-corrected chi connectivity index (χ4v) is 3.60. The Morgan fingerprint density at radius 3 is 2.11 bits per heavy atom. The summed E-state index contributed by atoms with van der Waals surface area (Å²) in [5.41, 5.74) is -0.500. The molecule has 0 saturated heterocycles. The summed E-state index contributed by atoms with van der Waals surface area (Å²) in [7, 11) is 0. The van der Waals surface area contributed by atoms with Crippen molar-refractivity contribution < 1.29 is 26.7 Å². The lowest BCUT2D eigenvalue weighted by Crippen LogP contribution is -2.27. The van der Waals surface area contributed by atoms with Crippen LogP contribution in [0.15, 0.2) is 36.4 Å². The van der Waals surface area contributed by atoms with E-state index in [1.54, 1.807) is 0 Å². The molecule has 0 atom stereocenters. The van der Waals surface area contributed by atoms with Crippen LogP contribution in [0.5, 0.6) is 0 Å². The molecule has 152 valence electrons. The van der Waals surface area contributed by atoms with Crippen molar-refractivity contribution >= 4 is 0 Å². The van der Waals surface area contributed by atoms with Gasteiger partial charge >= 0.3 is 12.3 Å².